The minimum atomic E-state index is -0.329. The number of benzene rings is 2. The predicted molar refractivity (Wildman–Crippen MR) is 116 cm³/mol. The van der Waals surface area contributed by atoms with Crippen molar-refractivity contribution in [2.45, 2.75) is 45.1 Å². The Kier molecular flexibility index (Phi) is 7.97. The quantitative estimate of drug-likeness (QED) is 0.520. The SMILES string of the molecule is CC(=O)Oc1ccc(C[C@@H](CNC(=O)CC(C)(C)c2ccccc2)N(C)C)cc1. The maximum absolute atomic E-state index is 12.6. The molecule has 156 valence electrons. The molecule has 0 saturated heterocycles. The van der Waals surface area contributed by atoms with E-state index < -0.39 is 0 Å². The van der Waals surface area contributed by atoms with Crippen molar-refractivity contribution in [3.63, 3.8) is 0 Å². The fourth-order valence-electron chi connectivity index (χ4n) is 3.26. The third kappa shape index (κ3) is 7.35. The first-order valence-corrected chi connectivity index (χ1v) is 9.93. The fourth-order valence-corrected chi connectivity index (χ4v) is 3.26. The summed E-state index contributed by atoms with van der Waals surface area (Å²) in [6.07, 6.45) is 1.23. The van der Waals surface area contributed by atoms with E-state index in [4.69, 9.17) is 4.74 Å². The van der Waals surface area contributed by atoms with E-state index in [1.807, 2.05) is 44.4 Å². The van der Waals surface area contributed by atoms with Crippen molar-refractivity contribution < 1.29 is 14.3 Å². The highest BCUT2D eigenvalue weighted by Gasteiger charge is 2.24. The number of ether oxygens (including phenoxy) is 1. The van der Waals surface area contributed by atoms with Gasteiger partial charge in [0.1, 0.15) is 5.75 Å². The molecule has 0 fully saturated rings. The summed E-state index contributed by atoms with van der Waals surface area (Å²) >= 11 is 0. The van der Waals surface area contributed by atoms with Gasteiger partial charge in [-0.05, 0) is 49.2 Å². The molecule has 2 rings (SSSR count). The molecule has 5 heteroatoms. The van der Waals surface area contributed by atoms with E-state index in [1.165, 1.54) is 6.92 Å². The molecule has 0 aliphatic carbocycles. The molecule has 1 amide bonds. The van der Waals surface area contributed by atoms with Crippen molar-refractivity contribution in [1.29, 1.82) is 0 Å². The Morgan fingerprint density at radius 1 is 1.03 bits per heavy atom. The largest absolute Gasteiger partial charge is 0.427 e. The number of hydrogen-bond acceptors (Lipinski definition) is 4. The van der Waals surface area contributed by atoms with Crippen molar-refractivity contribution in [3.8, 4) is 5.75 Å². The van der Waals surface area contributed by atoms with E-state index in [9.17, 15) is 9.59 Å². The van der Waals surface area contributed by atoms with Gasteiger partial charge in [-0.15, -0.1) is 0 Å². The van der Waals surface area contributed by atoms with E-state index in [2.05, 4.69) is 36.2 Å². The lowest BCUT2D eigenvalue weighted by Crippen LogP contribution is -2.42. The Balaban J connectivity index is 1.91. The lowest BCUT2D eigenvalue weighted by atomic mass is 9.81. The number of carbonyl (C=O) groups excluding carboxylic acids is 2. The smallest absolute Gasteiger partial charge is 0.308 e. The summed E-state index contributed by atoms with van der Waals surface area (Å²) in [6, 6.07) is 17.8. The Bertz CT molecular complexity index is 799. The average Bonchev–Trinajstić information content (AvgIpc) is 2.66. The molecule has 0 spiro atoms. The average molecular weight is 397 g/mol. The van der Waals surface area contributed by atoms with Gasteiger partial charge in [-0.2, -0.15) is 0 Å². The van der Waals surface area contributed by atoms with Gasteiger partial charge in [-0.25, -0.2) is 0 Å². The number of rotatable bonds is 9. The van der Waals surface area contributed by atoms with Gasteiger partial charge >= 0.3 is 5.97 Å². The van der Waals surface area contributed by atoms with Crippen LogP contribution in [0.1, 0.15) is 38.3 Å². The van der Waals surface area contributed by atoms with Crippen LogP contribution in [0, 0.1) is 0 Å². The highest BCUT2D eigenvalue weighted by Crippen LogP contribution is 2.26. The molecule has 0 aromatic heterocycles. The van der Waals surface area contributed by atoms with Gasteiger partial charge in [-0.1, -0.05) is 56.3 Å². The van der Waals surface area contributed by atoms with Crippen LogP contribution in [-0.4, -0.2) is 43.5 Å². The van der Waals surface area contributed by atoms with Gasteiger partial charge in [0.15, 0.2) is 0 Å². The van der Waals surface area contributed by atoms with Gasteiger partial charge in [0.05, 0.1) is 0 Å². The molecule has 5 nitrogen and oxygen atoms in total. The number of carbonyl (C=O) groups is 2. The molecule has 1 atom stereocenters. The van der Waals surface area contributed by atoms with Gasteiger partial charge in [-0.3, -0.25) is 9.59 Å². The van der Waals surface area contributed by atoms with Crippen LogP contribution in [0.2, 0.25) is 0 Å². The first-order valence-electron chi connectivity index (χ1n) is 9.93. The second-order valence-electron chi connectivity index (χ2n) is 8.29. The van der Waals surface area contributed by atoms with Crippen molar-refractivity contribution in [3.05, 3.63) is 65.7 Å². The molecule has 0 aliphatic heterocycles. The Labute approximate surface area is 174 Å². The number of amides is 1. The van der Waals surface area contributed by atoms with Crippen LogP contribution in [0.5, 0.6) is 5.75 Å². The zero-order chi connectivity index (χ0) is 21.4. The molecule has 1 N–H and O–H groups in total. The zero-order valence-electron chi connectivity index (χ0n) is 18.1. The molecular formula is C24H32N2O3. The van der Waals surface area contributed by atoms with Crippen LogP contribution < -0.4 is 10.1 Å². The molecule has 0 bridgehead atoms. The third-order valence-corrected chi connectivity index (χ3v) is 5.08. The lowest BCUT2D eigenvalue weighted by molar-refractivity contribution is -0.131. The molecule has 0 heterocycles. The van der Waals surface area contributed by atoms with Crippen LogP contribution in [0.25, 0.3) is 0 Å². The number of nitrogens with one attached hydrogen (secondary N) is 1. The van der Waals surface area contributed by atoms with Crippen LogP contribution in [-0.2, 0) is 21.4 Å². The number of esters is 1. The van der Waals surface area contributed by atoms with E-state index >= 15 is 0 Å². The third-order valence-electron chi connectivity index (χ3n) is 5.08. The molecule has 0 aliphatic rings. The van der Waals surface area contributed by atoms with Crippen LogP contribution in [0.4, 0.5) is 0 Å². The van der Waals surface area contributed by atoms with E-state index in [0.717, 1.165) is 17.5 Å². The zero-order valence-corrected chi connectivity index (χ0v) is 18.1. The Hall–Kier alpha value is -2.66. The summed E-state index contributed by atoms with van der Waals surface area (Å²) in [5.41, 5.74) is 2.07. The second-order valence-corrected chi connectivity index (χ2v) is 8.29. The van der Waals surface area contributed by atoms with E-state index in [-0.39, 0.29) is 23.3 Å². The molecule has 29 heavy (non-hydrogen) atoms. The standard InChI is InChI=1S/C24H32N2O3/c1-18(27)29-22-13-11-19(12-14-22)15-21(26(4)5)17-25-23(28)16-24(2,3)20-9-7-6-8-10-20/h6-14,21H,15-17H2,1-5H3,(H,25,28)/t21-/m0/s1. The van der Waals surface area contributed by atoms with Gasteiger partial charge in [0.25, 0.3) is 0 Å². The van der Waals surface area contributed by atoms with Crippen LogP contribution >= 0.6 is 0 Å². The minimum absolute atomic E-state index is 0.0518. The number of hydrogen-bond donors (Lipinski definition) is 1. The number of nitrogens with zero attached hydrogens (tertiary/aromatic N) is 1. The summed E-state index contributed by atoms with van der Waals surface area (Å²) in [4.78, 5) is 25.7. The van der Waals surface area contributed by atoms with Crippen molar-refractivity contribution in [1.82, 2.24) is 10.2 Å². The van der Waals surface area contributed by atoms with Crippen LogP contribution in [0.15, 0.2) is 54.6 Å². The van der Waals surface area contributed by atoms with Crippen molar-refractivity contribution in [2.24, 2.45) is 0 Å². The predicted octanol–water partition coefficient (Wildman–Crippen LogP) is 3.57. The summed E-state index contributed by atoms with van der Waals surface area (Å²) in [5.74, 6) is 0.264. The molecule has 0 saturated carbocycles. The Morgan fingerprint density at radius 3 is 2.21 bits per heavy atom. The van der Waals surface area contributed by atoms with Gasteiger partial charge < -0.3 is 15.0 Å². The van der Waals surface area contributed by atoms with Crippen molar-refractivity contribution in [2.75, 3.05) is 20.6 Å². The minimum Gasteiger partial charge on any atom is -0.427 e. The maximum Gasteiger partial charge on any atom is 0.308 e. The highest BCUT2D eigenvalue weighted by molar-refractivity contribution is 5.77. The maximum atomic E-state index is 12.6. The normalized spacial score (nSPS) is 12.5. The highest BCUT2D eigenvalue weighted by atomic mass is 16.5. The molecule has 2 aromatic rings. The molecule has 0 unspecified atom stereocenters. The second kappa shape index (κ2) is 10.2. The van der Waals surface area contributed by atoms with Crippen LogP contribution in [0.3, 0.4) is 0 Å². The molecule has 0 radical (unpaired) electrons. The van der Waals surface area contributed by atoms with E-state index in [1.54, 1.807) is 12.1 Å². The molecular weight excluding hydrogens is 364 g/mol. The summed E-state index contributed by atoms with van der Waals surface area (Å²) in [6.45, 7) is 6.15. The number of likely N-dealkylation sites (N-methyl/N-ethyl adjacent to an activating group) is 1. The first kappa shape index (κ1) is 22.6. The van der Waals surface area contributed by atoms with Crippen molar-refractivity contribution >= 4 is 11.9 Å². The fraction of sp³-hybridized carbons (Fsp3) is 0.417. The summed E-state index contributed by atoms with van der Waals surface area (Å²) in [7, 11) is 4.02. The Morgan fingerprint density at radius 2 is 1.66 bits per heavy atom. The lowest BCUT2D eigenvalue weighted by Gasteiger charge is -2.27. The first-order chi connectivity index (χ1) is 13.7. The van der Waals surface area contributed by atoms with E-state index in [0.29, 0.717) is 18.7 Å². The molecule has 2 aromatic carbocycles. The summed E-state index contributed by atoms with van der Waals surface area (Å²) in [5, 5.41) is 3.10. The van der Waals surface area contributed by atoms with Gasteiger partial charge in [0.2, 0.25) is 5.91 Å². The van der Waals surface area contributed by atoms with Gasteiger partial charge in [0, 0.05) is 25.9 Å². The monoisotopic (exact) mass is 396 g/mol. The summed E-state index contributed by atoms with van der Waals surface area (Å²) < 4.78 is 5.08. The topological polar surface area (TPSA) is 58.6 Å².